The summed E-state index contributed by atoms with van der Waals surface area (Å²) in [6.07, 6.45) is 2.29. The summed E-state index contributed by atoms with van der Waals surface area (Å²) in [5, 5.41) is 3.46. The first-order valence-electron chi connectivity index (χ1n) is 6.83. The minimum atomic E-state index is -0.133. The third-order valence-electron chi connectivity index (χ3n) is 3.57. The van der Waals surface area contributed by atoms with Crippen LogP contribution in [0.25, 0.3) is 0 Å². The van der Waals surface area contributed by atoms with Crippen LogP contribution in [0.1, 0.15) is 33.6 Å². The van der Waals surface area contributed by atoms with E-state index < -0.39 is 0 Å². The molecule has 0 bridgehead atoms. The van der Waals surface area contributed by atoms with Gasteiger partial charge in [-0.05, 0) is 33.6 Å². The van der Waals surface area contributed by atoms with Crippen molar-refractivity contribution in [3.63, 3.8) is 0 Å². The van der Waals surface area contributed by atoms with Crippen molar-refractivity contribution in [3.8, 4) is 0 Å². The molecule has 6 heteroatoms. The second kappa shape index (κ2) is 6.50. The van der Waals surface area contributed by atoms with E-state index in [1.54, 1.807) is 0 Å². The van der Waals surface area contributed by atoms with Gasteiger partial charge in [-0.15, -0.1) is 35.3 Å². The zero-order valence-corrected chi connectivity index (χ0v) is 14.3. The second-order valence-corrected chi connectivity index (χ2v) is 10.3. The van der Waals surface area contributed by atoms with Gasteiger partial charge in [-0.2, -0.15) is 0 Å². The quantitative estimate of drug-likeness (QED) is 0.785. The maximum absolute atomic E-state index is 11.8. The van der Waals surface area contributed by atoms with Gasteiger partial charge in [0, 0.05) is 17.3 Å². The Balaban J connectivity index is 1.82. The molecule has 0 aliphatic carbocycles. The van der Waals surface area contributed by atoms with Gasteiger partial charge < -0.3 is 4.74 Å². The van der Waals surface area contributed by atoms with Crippen molar-refractivity contribution in [2.75, 3.05) is 23.9 Å². The Labute approximate surface area is 128 Å². The summed E-state index contributed by atoms with van der Waals surface area (Å²) >= 11 is 6.01. The lowest BCUT2D eigenvalue weighted by molar-refractivity contribution is -0.145. The molecular formula is C13H23NO2S3. The van der Waals surface area contributed by atoms with Crippen molar-refractivity contribution in [2.24, 2.45) is 0 Å². The van der Waals surface area contributed by atoms with Crippen LogP contribution < -0.4 is 5.32 Å². The van der Waals surface area contributed by atoms with Crippen molar-refractivity contribution in [3.05, 3.63) is 0 Å². The molecule has 2 rings (SSSR count). The van der Waals surface area contributed by atoms with E-state index in [-0.39, 0.29) is 16.9 Å². The lowest BCUT2D eigenvalue weighted by Crippen LogP contribution is -2.44. The summed E-state index contributed by atoms with van der Waals surface area (Å²) < 4.78 is 5.46. The Bertz CT molecular complexity index is 334. The second-order valence-electron chi connectivity index (χ2n) is 5.32. The predicted octanol–water partition coefficient (Wildman–Crippen LogP) is 2.95. The van der Waals surface area contributed by atoms with Crippen LogP contribution >= 0.6 is 35.3 Å². The Morgan fingerprint density at radius 2 is 1.95 bits per heavy atom. The molecule has 0 aromatic rings. The number of nitrogens with one attached hydrogen (secondary N) is 1. The highest BCUT2D eigenvalue weighted by molar-refractivity contribution is 8.21. The lowest BCUT2D eigenvalue weighted by Gasteiger charge is -2.29. The van der Waals surface area contributed by atoms with Crippen LogP contribution in [0.2, 0.25) is 0 Å². The highest BCUT2D eigenvalue weighted by atomic mass is 32.2. The molecule has 2 heterocycles. The number of rotatable bonds is 5. The average Bonchev–Trinajstić information content (AvgIpc) is 2.96. The summed E-state index contributed by atoms with van der Waals surface area (Å²) in [4.78, 5) is 11.8. The topological polar surface area (TPSA) is 38.3 Å². The molecule has 2 unspecified atom stereocenters. The van der Waals surface area contributed by atoms with Crippen LogP contribution in [-0.4, -0.2) is 44.8 Å². The molecule has 2 atom stereocenters. The van der Waals surface area contributed by atoms with Crippen LogP contribution in [0.4, 0.5) is 0 Å². The third kappa shape index (κ3) is 4.22. The van der Waals surface area contributed by atoms with Crippen LogP contribution in [0.15, 0.2) is 0 Å². The maximum atomic E-state index is 11.8. The summed E-state index contributed by atoms with van der Waals surface area (Å²) in [5.74, 6) is 3.26. The van der Waals surface area contributed by atoms with Gasteiger partial charge in [-0.3, -0.25) is 10.1 Å². The minimum absolute atomic E-state index is 0.0180. The SMILES string of the molecule is CCOC(=O)C1CSC(C)(CCC2(C)SCCS2)N1. The van der Waals surface area contributed by atoms with Crippen LogP contribution in [0.5, 0.6) is 0 Å². The molecule has 3 nitrogen and oxygen atoms in total. The number of carbonyl (C=O) groups is 1. The third-order valence-corrected chi connectivity index (χ3v) is 8.44. The van der Waals surface area contributed by atoms with E-state index in [1.165, 1.54) is 17.9 Å². The van der Waals surface area contributed by atoms with Crippen molar-refractivity contribution >= 4 is 41.3 Å². The summed E-state index contributed by atoms with van der Waals surface area (Å²) in [6.45, 7) is 6.88. The molecule has 2 aliphatic heterocycles. The molecule has 2 fully saturated rings. The number of carbonyl (C=O) groups excluding carboxylic acids is 1. The number of thioether (sulfide) groups is 3. The molecule has 1 N–H and O–H groups in total. The molecular weight excluding hydrogens is 298 g/mol. The fourth-order valence-corrected chi connectivity index (χ4v) is 6.48. The molecule has 0 aromatic heterocycles. The first-order chi connectivity index (χ1) is 8.96. The zero-order valence-electron chi connectivity index (χ0n) is 11.9. The first kappa shape index (κ1) is 15.9. The van der Waals surface area contributed by atoms with Crippen molar-refractivity contribution in [2.45, 2.75) is 48.6 Å². The summed E-state index contributed by atoms with van der Waals surface area (Å²) in [5.41, 5.74) is 0. The largest absolute Gasteiger partial charge is 0.465 e. The summed E-state index contributed by atoms with van der Waals surface area (Å²) in [7, 11) is 0. The fourth-order valence-electron chi connectivity index (χ4n) is 2.40. The molecule has 110 valence electrons. The fraction of sp³-hybridized carbons (Fsp3) is 0.923. The molecule has 0 saturated carbocycles. The van der Waals surface area contributed by atoms with Crippen LogP contribution in [0, 0.1) is 0 Å². The van der Waals surface area contributed by atoms with E-state index in [9.17, 15) is 4.79 Å². The monoisotopic (exact) mass is 321 g/mol. The smallest absolute Gasteiger partial charge is 0.324 e. The van der Waals surface area contributed by atoms with Gasteiger partial charge in [0.2, 0.25) is 0 Å². The number of hydrogen-bond donors (Lipinski definition) is 1. The molecule has 19 heavy (non-hydrogen) atoms. The lowest BCUT2D eigenvalue weighted by atomic mass is 10.1. The van der Waals surface area contributed by atoms with Crippen LogP contribution in [0.3, 0.4) is 0 Å². The van der Waals surface area contributed by atoms with Gasteiger partial charge in [0.1, 0.15) is 6.04 Å². The molecule has 0 aromatic carbocycles. The molecule has 2 aliphatic rings. The Morgan fingerprint density at radius 3 is 2.58 bits per heavy atom. The zero-order chi connectivity index (χ0) is 13.9. The van der Waals surface area contributed by atoms with Crippen LogP contribution in [-0.2, 0) is 9.53 Å². The number of ether oxygens (including phenoxy) is 1. The molecule has 0 radical (unpaired) electrons. The van der Waals surface area contributed by atoms with Gasteiger partial charge in [-0.1, -0.05) is 0 Å². The van der Waals surface area contributed by atoms with E-state index in [2.05, 4.69) is 42.7 Å². The maximum Gasteiger partial charge on any atom is 0.324 e. The Hall–Kier alpha value is 0.480. The van der Waals surface area contributed by atoms with Crippen molar-refractivity contribution in [1.82, 2.24) is 5.32 Å². The Morgan fingerprint density at radius 1 is 1.26 bits per heavy atom. The van der Waals surface area contributed by atoms with E-state index in [4.69, 9.17) is 4.74 Å². The average molecular weight is 322 g/mol. The predicted molar refractivity (Wildman–Crippen MR) is 87.0 cm³/mol. The normalized spacial score (nSPS) is 33.5. The standard InChI is InChI=1S/C13H23NO2S3/c1-4-16-11(15)10-9-19-12(2,14-10)5-6-13(3)17-7-8-18-13/h10,14H,4-9H2,1-3H3. The van der Waals surface area contributed by atoms with E-state index in [1.807, 2.05) is 18.7 Å². The van der Waals surface area contributed by atoms with Gasteiger partial charge >= 0.3 is 5.97 Å². The van der Waals surface area contributed by atoms with Gasteiger partial charge in [0.05, 0.1) is 15.6 Å². The minimum Gasteiger partial charge on any atom is -0.465 e. The number of esters is 1. The van der Waals surface area contributed by atoms with E-state index >= 15 is 0 Å². The van der Waals surface area contributed by atoms with Crippen molar-refractivity contribution in [1.29, 1.82) is 0 Å². The van der Waals surface area contributed by atoms with Gasteiger partial charge in [0.25, 0.3) is 0 Å². The first-order valence-corrected chi connectivity index (χ1v) is 9.78. The molecule has 2 saturated heterocycles. The molecule has 0 amide bonds. The Kier molecular flexibility index (Phi) is 5.42. The highest BCUT2D eigenvalue weighted by Crippen LogP contribution is 2.48. The van der Waals surface area contributed by atoms with Gasteiger partial charge in [0.15, 0.2) is 0 Å². The van der Waals surface area contributed by atoms with E-state index in [0.717, 1.165) is 12.2 Å². The summed E-state index contributed by atoms with van der Waals surface area (Å²) in [6, 6.07) is -0.133. The molecule has 0 spiro atoms. The van der Waals surface area contributed by atoms with E-state index in [0.29, 0.717) is 10.7 Å². The van der Waals surface area contributed by atoms with Gasteiger partial charge in [-0.25, -0.2) is 0 Å². The van der Waals surface area contributed by atoms with Crippen molar-refractivity contribution < 1.29 is 9.53 Å². The number of hydrogen-bond acceptors (Lipinski definition) is 6. The highest BCUT2D eigenvalue weighted by Gasteiger charge is 2.41.